The number of aryl methyl sites for hydroxylation is 1. The van der Waals surface area contributed by atoms with Crippen LogP contribution in [0.15, 0.2) is 44.7 Å². The average molecular weight is 259 g/mol. The van der Waals surface area contributed by atoms with Gasteiger partial charge in [0.15, 0.2) is 0 Å². The van der Waals surface area contributed by atoms with Crippen molar-refractivity contribution in [3.8, 4) is 6.07 Å². The lowest BCUT2D eigenvalue weighted by molar-refractivity contribution is 0.196. The van der Waals surface area contributed by atoms with Crippen molar-refractivity contribution >= 4 is 11.8 Å². The zero-order chi connectivity index (χ0) is 13.1. The van der Waals surface area contributed by atoms with E-state index in [0.29, 0.717) is 5.56 Å². The predicted molar refractivity (Wildman–Crippen MR) is 69.4 cm³/mol. The van der Waals surface area contributed by atoms with Crippen LogP contribution in [0.3, 0.4) is 0 Å². The summed E-state index contributed by atoms with van der Waals surface area (Å²) < 4.78 is 5.25. The number of hydrogen-bond donors (Lipinski definition) is 1. The predicted octanol–water partition coefficient (Wildman–Crippen LogP) is 3.66. The van der Waals surface area contributed by atoms with Crippen LogP contribution in [0, 0.1) is 18.3 Å². The molecule has 0 spiro atoms. The smallest absolute Gasteiger partial charge is 0.114 e. The summed E-state index contributed by atoms with van der Waals surface area (Å²) in [5.41, 5.74) is 1.41. The first-order chi connectivity index (χ1) is 8.61. The monoisotopic (exact) mass is 259 g/mol. The number of benzene rings is 1. The molecule has 0 aliphatic rings. The van der Waals surface area contributed by atoms with Crippen molar-refractivity contribution in [3.63, 3.8) is 0 Å². The van der Waals surface area contributed by atoms with Gasteiger partial charge in [0.2, 0.25) is 0 Å². The highest BCUT2D eigenvalue weighted by Gasteiger charge is 2.12. The van der Waals surface area contributed by atoms with Gasteiger partial charge in [0, 0.05) is 4.90 Å². The number of rotatable bonds is 3. The highest BCUT2D eigenvalue weighted by Crippen LogP contribution is 2.36. The van der Waals surface area contributed by atoms with E-state index in [1.165, 1.54) is 11.8 Å². The van der Waals surface area contributed by atoms with Gasteiger partial charge in [-0.05, 0) is 37.6 Å². The Labute approximate surface area is 110 Å². The first-order valence-electron chi connectivity index (χ1n) is 5.56. The summed E-state index contributed by atoms with van der Waals surface area (Å²) in [5, 5.41) is 18.7. The number of aliphatic hydroxyl groups excluding tert-OH is 1. The molecular formula is C14H13NO2S. The van der Waals surface area contributed by atoms with Crippen LogP contribution in [0.4, 0.5) is 0 Å². The Bertz CT molecular complexity index is 596. The van der Waals surface area contributed by atoms with Crippen LogP contribution in [0.2, 0.25) is 0 Å². The fourth-order valence-electron chi connectivity index (χ4n) is 1.64. The van der Waals surface area contributed by atoms with Crippen molar-refractivity contribution in [1.29, 1.82) is 5.26 Å². The minimum absolute atomic E-state index is 0.563. The maximum atomic E-state index is 9.75. The molecule has 18 heavy (non-hydrogen) atoms. The molecule has 0 radical (unpaired) electrons. The van der Waals surface area contributed by atoms with Crippen molar-refractivity contribution in [3.05, 3.63) is 47.4 Å². The van der Waals surface area contributed by atoms with Crippen molar-refractivity contribution in [2.24, 2.45) is 0 Å². The van der Waals surface area contributed by atoms with Crippen LogP contribution in [0.5, 0.6) is 0 Å². The molecule has 1 aromatic heterocycles. The van der Waals surface area contributed by atoms with E-state index < -0.39 is 6.10 Å². The Morgan fingerprint density at radius 3 is 2.67 bits per heavy atom. The SMILES string of the molecule is Cc1occc1Sc1cc(C#N)ccc1[C@H](C)O. The number of hydrogen-bond acceptors (Lipinski definition) is 4. The fraction of sp³-hybridized carbons (Fsp3) is 0.214. The average Bonchev–Trinajstić information content (AvgIpc) is 2.74. The summed E-state index contributed by atoms with van der Waals surface area (Å²) in [6.45, 7) is 3.60. The van der Waals surface area contributed by atoms with Crippen molar-refractivity contribution in [1.82, 2.24) is 0 Å². The van der Waals surface area contributed by atoms with E-state index in [-0.39, 0.29) is 0 Å². The summed E-state index contributed by atoms with van der Waals surface area (Å²) in [7, 11) is 0. The van der Waals surface area contributed by atoms with Crippen molar-refractivity contribution in [2.75, 3.05) is 0 Å². The molecular weight excluding hydrogens is 246 g/mol. The standard InChI is InChI=1S/C14H13NO2S/c1-9(16)12-4-3-11(8-15)7-14(12)18-13-5-6-17-10(13)2/h3-7,9,16H,1-2H3/t9-/m0/s1. The molecule has 0 aliphatic heterocycles. The lowest BCUT2D eigenvalue weighted by Crippen LogP contribution is -1.94. The molecule has 1 atom stereocenters. The van der Waals surface area contributed by atoms with Gasteiger partial charge in [-0.3, -0.25) is 0 Å². The molecule has 4 heteroatoms. The molecule has 1 N–H and O–H groups in total. The summed E-state index contributed by atoms with van der Waals surface area (Å²) in [6, 6.07) is 9.29. The van der Waals surface area contributed by atoms with E-state index in [1.807, 2.05) is 13.0 Å². The minimum atomic E-state index is -0.563. The van der Waals surface area contributed by atoms with E-state index in [1.54, 1.807) is 31.4 Å². The molecule has 0 bridgehead atoms. The van der Waals surface area contributed by atoms with E-state index >= 15 is 0 Å². The van der Waals surface area contributed by atoms with Gasteiger partial charge in [-0.2, -0.15) is 5.26 Å². The lowest BCUT2D eigenvalue weighted by atomic mass is 10.1. The van der Waals surface area contributed by atoms with E-state index in [2.05, 4.69) is 6.07 Å². The lowest BCUT2D eigenvalue weighted by Gasteiger charge is -2.11. The number of furan rings is 1. The number of aliphatic hydroxyl groups is 1. The highest BCUT2D eigenvalue weighted by atomic mass is 32.2. The van der Waals surface area contributed by atoms with Crippen LogP contribution in [-0.2, 0) is 0 Å². The molecule has 0 saturated heterocycles. The third-order valence-electron chi connectivity index (χ3n) is 2.62. The van der Waals surface area contributed by atoms with Crippen LogP contribution < -0.4 is 0 Å². The second-order valence-electron chi connectivity index (χ2n) is 3.98. The zero-order valence-electron chi connectivity index (χ0n) is 10.2. The number of nitriles is 1. The van der Waals surface area contributed by atoms with Crippen LogP contribution in [0.1, 0.15) is 29.9 Å². The maximum absolute atomic E-state index is 9.75. The molecule has 0 aliphatic carbocycles. The molecule has 0 saturated carbocycles. The van der Waals surface area contributed by atoms with Crippen LogP contribution in [0.25, 0.3) is 0 Å². The molecule has 3 nitrogen and oxygen atoms in total. The van der Waals surface area contributed by atoms with E-state index in [0.717, 1.165) is 21.1 Å². The molecule has 0 amide bonds. The Morgan fingerprint density at radius 2 is 2.11 bits per heavy atom. The highest BCUT2D eigenvalue weighted by molar-refractivity contribution is 7.99. The third-order valence-corrected chi connectivity index (χ3v) is 3.84. The first-order valence-corrected chi connectivity index (χ1v) is 6.37. The van der Waals surface area contributed by atoms with Gasteiger partial charge >= 0.3 is 0 Å². The molecule has 0 fully saturated rings. The van der Waals surface area contributed by atoms with Gasteiger partial charge in [-0.1, -0.05) is 17.8 Å². The topological polar surface area (TPSA) is 57.2 Å². The Kier molecular flexibility index (Phi) is 3.75. The van der Waals surface area contributed by atoms with Gasteiger partial charge < -0.3 is 9.52 Å². The third kappa shape index (κ3) is 2.58. The van der Waals surface area contributed by atoms with Gasteiger partial charge in [-0.15, -0.1) is 0 Å². The summed E-state index contributed by atoms with van der Waals surface area (Å²) in [4.78, 5) is 1.88. The first kappa shape index (κ1) is 12.7. The van der Waals surface area contributed by atoms with Crippen molar-refractivity contribution in [2.45, 2.75) is 29.7 Å². The quantitative estimate of drug-likeness (QED) is 0.913. The van der Waals surface area contributed by atoms with Gasteiger partial charge in [0.25, 0.3) is 0 Å². The second-order valence-corrected chi connectivity index (χ2v) is 5.07. The van der Waals surface area contributed by atoms with Gasteiger partial charge in [0.05, 0.1) is 28.9 Å². The maximum Gasteiger partial charge on any atom is 0.114 e. The van der Waals surface area contributed by atoms with Crippen LogP contribution in [-0.4, -0.2) is 5.11 Å². The van der Waals surface area contributed by atoms with Gasteiger partial charge in [-0.25, -0.2) is 0 Å². The second kappa shape index (κ2) is 5.30. The largest absolute Gasteiger partial charge is 0.468 e. The fourth-order valence-corrected chi connectivity index (χ4v) is 2.73. The van der Waals surface area contributed by atoms with Gasteiger partial charge in [0.1, 0.15) is 5.76 Å². The molecule has 1 aromatic carbocycles. The molecule has 2 rings (SSSR count). The normalized spacial score (nSPS) is 12.1. The molecule has 0 unspecified atom stereocenters. The van der Waals surface area contributed by atoms with Crippen LogP contribution >= 0.6 is 11.8 Å². The zero-order valence-corrected chi connectivity index (χ0v) is 11.0. The molecule has 92 valence electrons. The Balaban J connectivity index is 2.42. The summed E-state index contributed by atoms with van der Waals surface area (Å²) in [6.07, 6.45) is 1.07. The van der Waals surface area contributed by atoms with E-state index in [9.17, 15) is 5.11 Å². The van der Waals surface area contributed by atoms with Crippen molar-refractivity contribution < 1.29 is 9.52 Å². The summed E-state index contributed by atoms with van der Waals surface area (Å²) in [5.74, 6) is 0.832. The minimum Gasteiger partial charge on any atom is -0.468 e. The number of nitrogens with zero attached hydrogens (tertiary/aromatic N) is 1. The molecule has 1 heterocycles. The summed E-state index contributed by atoms with van der Waals surface area (Å²) >= 11 is 1.50. The van der Waals surface area contributed by atoms with E-state index in [4.69, 9.17) is 9.68 Å². The Morgan fingerprint density at radius 1 is 1.33 bits per heavy atom. The Hall–Kier alpha value is -1.70. The molecule has 2 aromatic rings.